The third kappa shape index (κ3) is 3.63. The number of hydrogen-bond donors (Lipinski definition) is 1. The zero-order chi connectivity index (χ0) is 14.4. The Hall–Kier alpha value is -2.73. The molecule has 2 aromatic carbocycles. The molecule has 2 rings (SSSR count). The van der Waals surface area contributed by atoms with E-state index in [2.05, 4.69) is 11.8 Å². The van der Waals surface area contributed by atoms with Crippen LogP contribution in [0.4, 0.5) is 0 Å². The van der Waals surface area contributed by atoms with Gasteiger partial charge in [-0.3, -0.25) is 0 Å². The Morgan fingerprint density at radius 3 is 2.35 bits per heavy atom. The number of hydrogen-bond acceptors (Lipinski definition) is 2. The summed E-state index contributed by atoms with van der Waals surface area (Å²) in [5.74, 6) is 5.58. The van der Waals surface area contributed by atoms with Gasteiger partial charge >= 0.3 is 5.97 Å². The van der Waals surface area contributed by atoms with E-state index < -0.39 is 5.97 Å². The topological polar surface area (TPSA) is 46.5 Å². The van der Waals surface area contributed by atoms with E-state index in [4.69, 9.17) is 9.84 Å². The van der Waals surface area contributed by atoms with Crippen molar-refractivity contribution in [2.24, 2.45) is 0 Å². The minimum absolute atomic E-state index is 0.372. The lowest BCUT2D eigenvalue weighted by Gasteiger charge is -2.05. The normalized spacial score (nSPS) is 9.45. The number of carbonyl (C=O) groups is 1. The smallest absolute Gasteiger partial charge is 0.341 e. The van der Waals surface area contributed by atoms with Gasteiger partial charge in [0.1, 0.15) is 5.75 Å². The fourth-order valence-corrected chi connectivity index (χ4v) is 1.68. The molecule has 3 heteroatoms. The van der Waals surface area contributed by atoms with Gasteiger partial charge in [0.05, 0.1) is 5.56 Å². The van der Waals surface area contributed by atoms with Crippen LogP contribution in [0.3, 0.4) is 0 Å². The minimum atomic E-state index is -1.01. The molecule has 0 unspecified atom stereocenters. The zero-order valence-electron chi connectivity index (χ0n) is 11.1. The maximum atomic E-state index is 10.5. The molecule has 0 radical (unpaired) electrons. The Bertz CT molecular complexity index is 678. The first-order valence-electron chi connectivity index (χ1n) is 6.18. The fourth-order valence-electron chi connectivity index (χ4n) is 1.68. The Labute approximate surface area is 117 Å². The molecule has 0 fully saturated rings. The molecule has 0 aliphatic rings. The molecule has 0 saturated carbocycles. The Balaban J connectivity index is 2.26. The summed E-state index contributed by atoms with van der Waals surface area (Å²) in [6.45, 7) is 1.62. The van der Waals surface area contributed by atoms with Crippen molar-refractivity contribution in [1.29, 1.82) is 0 Å². The SMILES string of the molecule is Cc1ccccc1C#Cc1ccccc1OCC(=O)O. The molecule has 0 aliphatic heterocycles. The molecule has 2 aromatic rings. The van der Waals surface area contributed by atoms with Crippen molar-refractivity contribution in [2.75, 3.05) is 6.61 Å². The van der Waals surface area contributed by atoms with Gasteiger partial charge in [-0.05, 0) is 30.7 Å². The summed E-state index contributed by atoms with van der Waals surface area (Å²) < 4.78 is 5.22. The average molecular weight is 266 g/mol. The van der Waals surface area contributed by atoms with Gasteiger partial charge in [0.15, 0.2) is 6.61 Å². The molecule has 20 heavy (non-hydrogen) atoms. The quantitative estimate of drug-likeness (QED) is 0.869. The van der Waals surface area contributed by atoms with Crippen molar-refractivity contribution >= 4 is 5.97 Å². The van der Waals surface area contributed by atoms with Crippen molar-refractivity contribution in [2.45, 2.75) is 6.92 Å². The molecule has 0 aliphatic carbocycles. The number of rotatable bonds is 3. The summed E-state index contributed by atoms with van der Waals surface area (Å²) in [6, 6.07) is 15.0. The maximum Gasteiger partial charge on any atom is 0.341 e. The summed E-state index contributed by atoms with van der Waals surface area (Å²) in [6.07, 6.45) is 0. The number of ether oxygens (including phenoxy) is 1. The van der Waals surface area contributed by atoms with E-state index in [1.807, 2.05) is 43.3 Å². The third-order valence-electron chi connectivity index (χ3n) is 2.72. The van der Waals surface area contributed by atoms with E-state index in [9.17, 15) is 4.79 Å². The average Bonchev–Trinajstić information content (AvgIpc) is 2.45. The van der Waals surface area contributed by atoms with E-state index in [1.54, 1.807) is 12.1 Å². The van der Waals surface area contributed by atoms with E-state index in [0.717, 1.165) is 11.1 Å². The maximum absolute atomic E-state index is 10.5. The molecule has 0 bridgehead atoms. The predicted molar refractivity (Wildman–Crippen MR) is 76.7 cm³/mol. The highest BCUT2D eigenvalue weighted by Gasteiger charge is 2.03. The standard InChI is InChI=1S/C17H14O3/c1-13-6-2-3-7-14(13)10-11-15-8-4-5-9-16(15)20-12-17(18)19/h2-9H,12H2,1H3,(H,18,19). The van der Waals surface area contributed by atoms with Crippen LogP contribution in [0, 0.1) is 18.8 Å². The lowest BCUT2D eigenvalue weighted by Crippen LogP contribution is -2.10. The highest BCUT2D eigenvalue weighted by molar-refractivity contribution is 5.68. The first-order chi connectivity index (χ1) is 9.66. The number of benzene rings is 2. The molecule has 0 aromatic heterocycles. The molecular weight excluding hydrogens is 252 g/mol. The van der Waals surface area contributed by atoms with Gasteiger partial charge in [0, 0.05) is 5.56 Å². The van der Waals surface area contributed by atoms with E-state index >= 15 is 0 Å². The Kier molecular flexibility index (Phi) is 4.41. The Morgan fingerprint density at radius 2 is 1.65 bits per heavy atom. The molecule has 0 saturated heterocycles. The summed E-state index contributed by atoms with van der Waals surface area (Å²) >= 11 is 0. The molecule has 100 valence electrons. The molecule has 1 N–H and O–H groups in total. The molecule has 3 nitrogen and oxygen atoms in total. The molecular formula is C17H14O3. The Morgan fingerprint density at radius 1 is 1.05 bits per heavy atom. The van der Waals surface area contributed by atoms with Crippen molar-refractivity contribution in [3.63, 3.8) is 0 Å². The van der Waals surface area contributed by atoms with Crippen LogP contribution in [0.2, 0.25) is 0 Å². The predicted octanol–water partition coefficient (Wildman–Crippen LogP) is 2.86. The van der Waals surface area contributed by atoms with Crippen molar-refractivity contribution in [3.8, 4) is 17.6 Å². The van der Waals surface area contributed by atoms with Crippen LogP contribution in [0.1, 0.15) is 16.7 Å². The van der Waals surface area contributed by atoms with E-state index in [-0.39, 0.29) is 6.61 Å². The van der Waals surface area contributed by atoms with Crippen LogP contribution in [0.15, 0.2) is 48.5 Å². The van der Waals surface area contributed by atoms with Crippen LogP contribution in [0.5, 0.6) is 5.75 Å². The van der Waals surface area contributed by atoms with Crippen LogP contribution in [0.25, 0.3) is 0 Å². The fraction of sp³-hybridized carbons (Fsp3) is 0.118. The van der Waals surface area contributed by atoms with Gasteiger partial charge in [-0.15, -0.1) is 0 Å². The number of aliphatic carboxylic acids is 1. The van der Waals surface area contributed by atoms with Gasteiger partial charge < -0.3 is 9.84 Å². The highest BCUT2D eigenvalue weighted by atomic mass is 16.5. The number of para-hydroxylation sites is 1. The molecule has 0 spiro atoms. The molecule has 0 heterocycles. The van der Waals surface area contributed by atoms with Gasteiger partial charge in [-0.2, -0.15) is 0 Å². The molecule has 0 amide bonds. The largest absolute Gasteiger partial charge is 0.481 e. The van der Waals surface area contributed by atoms with Gasteiger partial charge in [-0.1, -0.05) is 42.2 Å². The first-order valence-corrected chi connectivity index (χ1v) is 6.18. The van der Waals surface area contributed by atoms with Gasteiger partial charge in [-0.25, -0.2) is 4.79 Å². The van der Waals surface area contributed by atoms with E-state index in [0.29, 0.717) is 11.3 Å². The molecule has 0 atom stereocenters. The lowest BCUT2D eigenvalue weighted by atomic mass is 10.1. The first kappa shape index (κ1) is 13.7. The van der Waals surface area contributed by atoms with Crippen LogP contribution >= 0.6 is 0 Å². The van der Waals surface area contributed by atoms with Crippen LogP contribution < -0.4 is 4.74 Å². The second-order valence-corrected chi connectivity index (χ2v) is 4.24. The van der Waals surface area contributed by atoms with Crippen LogP contribution in [-0.4, -0.2) is 17.7 Å². The third-order valence-corrected chi connectivity index (χ3v) is 2.72. The van der Waals surface area contributed by atoms with Crippen molar-refractivity contribution in [1.82, 2.24) is 0 Å². The van der Waals surface area contributed by atoms with Crippen molar-refractivity contribution in [3.05, 3.63) is 65.2 Å². The highest BCUT2D eigenvalue weighted by Crippen LogP contribution is 2.17. The van der Waals surface area contributed by atoms with Crippen molar-refractivity contribution < 1.29 is 14.6 Å². The van der Waals surface area contributed by atoms with Crippen LogP contribution in [-0.2, 0) is 4.79 Å². The second kappa shape index (κ2) is 6.44. The van der Waals surface area contributed by atoms with Gasteiger partial charge in [0.2, 0.25) is 0 Å². The zero-order valence-corrected chi connectivity index (χ0v) is 11.1. The number of aryl methyl sites for hydroxylation is 1. The number of carboxylic acid groups (broad SMARTS) is 1. The monoisotopic (exact) mass is 266 g/mol. The second-order valence-electron chi connectivity index (χ2n) is 4.24. The van der Waals surface area contributed by atoms with E-state index in [1.165, 1.54) is 0 Å². The number of carboxylic acids is 1. The van der Waals surface area contributed by atoms with Gasteiger partial charge in [0.25, 0.3) is 0 Å². The lowest BCUT2D eigenvalue weighted by molar-refractivity contribution is -0.139. The minimum Gasteiger partial charge on any atom is -0.481 e. The summed E-state index contributed by atoms with van der Waals surface area (Å²) in [4.78, 5) is 10.5. The summed E-state index contributed by atoms with van der Waals surface area (Å²) in [5.41, 5.74) is 2.72. The summed E-state index contributed by atoms with van der Waals surface area (Å²) in [7, 11) is 0. The summed E-state index contributed by atoms with van der Waals surface area (Å²) in [5, 5.41) is 8.65.